The fourth-order valence-corrected chi connectivity index (χ4v) is 2.11. The van der Waals surface area contributed by atoms with Crippen molar-refractivity contribution in [3.05, 3.63) is 28.4 Å². The second-order valence-corrected chi connectivity index (χ2v) is 5.07. The first-order chi connectivity index (χ1) is 9.42. The lowest BCUT2D eigenvalue weighted by Crippen LogP contribution is -2.14. The minimum atomic E-state index is -3.98. The predicted molar refractivity (Wildman–Crippen MR) is 64.6 cm³/mol. The summed E-state index contributed by atoms with van der Waals surface area (Å²) in [5.74, 6) is -0.606. The van der Waals surface area contributed by atoms with E-state index in [4.69, 9.17) is 0 Å². The Balaban J connectivity index is 2.23. The van der Waals surface area contributed by atoms with Crippen LogP contribution in [0.5, 0.6) is 6.01 Å². The molecule has 0 aliphatic rings. The zero-order valence-electron chi connectivity index (χ0n) is 9.97. The molecule has 0 saturated carbocycles. The second kappa shape index (κ2) is 5.08. The number of rotatable bonds is 5. The van der Waals surface area contributed by atoms with Crippen LogP contribution in [0.15, 0.2) is 23.2 Å². The average molecular weight is 300 g/mol. The van der Waals surface area contributed by atoms with Crippen LogP contribution in [0, 0.1) is 10.1 Å². The summed E-state index contributed by atoms with van der Waals surface area (Å²) in [5, 5.41) is 16.3. The molecule has 0 unspecified atom stereocenters. The number of hydrogen-bond donors (Lipinski definition) is 2. The third-order valence-electron chi connectivity index (χ3n) is 2.10. The first-order valence-electron chi connectivity index (χ1n) is 5.02. The van der Waals surface area contributed by atoms with Gasteiger partial charge in [0.05, 0.1) is 7.11 Å². The SMILES string of the molecule is COc1n[nH]c(NS(=O)(=O)c2ccc([N+](=O)[O-])nc2)n1. The molecule has 2 aromatic heterocycles. The molecule has 0 spiro atoms. The number of hydrogen-bond acceptors (Lipinski definition) is 8. The molecule has 11 nitrogen and oxygen atoms in total. The average Bonchev–Trinajstić information content (AvgIpc) is 2.85. The maximum absolute atomic E-state index is 11.9. The molecular formula is C8H8N6O5S. The van der Waals surface area contributed by atoms with Crippen LogP contribution in [0.2, 0.25) is 0 Å². The summed E-state index contributed by atoms with van der Waals surface area (Å²) in [6, 6.07) is 2.00. The van der Waals surface area contributed by atoms with Crippen molar-refractivity contribution < 1.29 is 18.1 Å². The summed E-state index contributed by atoms with van der Waals surface area (Å²) in [6.45, 7) is 0. The monoisotopic (exact) mass is 300 g/mol. The fourth-order valence-electron chi connectivity index (χ4n) is 1.21. The van der Waals surface area contributed by atoms with E-state index in [0.29, 0.717) is 0 Å². The van der Waals surface area contributed by atoms with Crippen molar-refractivity contribution >= 4 is 21.8 Å². The Labute approximate surface area is 112 Å². The van der Waals surface area contributed by atoms with Gasteiger partial charge in [-0.3, -0.25) is 0 Å². The molecule has 2 aromatic rings. The van der Waals surface area contributed by atoms with Crippen molar-refractivity contribution in [1.29, 1.82) is 0 Å². The van der Waals surface area contributed by atoms with E-state index in [1.165, 1.54) is 7.11 Å². The Morgan fingerprint density at radius 1 is 1.45 bits per heavy atom. The topological polar surface area (TPSA) is 153 Å². The fraction of sp³-hybridized carbons (Fsp3) is 0.125. The molecule has 2 N–H and O–H groups in total. The normalized spacial score (nSPS) is 11.1. The van der Waals surface area contributed by atoms with Gasteiger partial charge in [0, 0.05) is 6.07 Å². The molecule has 20 heavy (non-hydrogen) atoms. The van der Waals surface area contributed by atoms with Crippen molar-refractivity contribution in [1.82, 2.24) is 20.2 Å². The van der Waals surface area contributed by atoms with Crippen LogP contribution >= 0.6 is 0 Å². The van der Waals surface area contributed by atoms with Gasteiger partial charge in [0.2, 0.25) is 5.95 Å². The number of nitro groups is 1. The van der Waals surface area contributed by atoms with Crippen LogP contribution < -0.4 is 9.46 Å². The number of aromatic nitrogens is 4. The molecule has 0 bridgehead atoms. The zero-order chi connectivity index (χ0) is 14.8. The smallest absolute Gasteiger partial charge is 0.363 e. The third kappa shape index (κ3) is 2.80. The number of H-pyrrole nitrogens is 1. The Kier molecular flexibility index (Phi) is 3.47. The van der Waals surface area contributed by atoms with E-state index in [-0.39, 0.29) is 16.9 Å². The summed E-state index contributed by atoms with van der Waals surface area (Å²) < 4.78 is 30.6. The maximum Gasteiger partial charge on any atom is 0.363 e. The van der Waals surface area contributed by atoms with Gasteiger partial charge in [0.15, 0.2) is 6.20 Å². The van der Waals surface area contributed by atoms with Crippen LogP contribution in [0.1, 0.15) is 0 Å². The molecule has 0 saturated heterocycles. The largest absolute Gasteiger partial charge is 0.466 e. The number of nitrogens with one attached hydrogen (secondary N) is 2. The van der Waals surface area contributed by atoms with E-state index in [9.17, 15) is 18.5 Å². The summed E-state index contributed by atoms with van der Waals surface area (Å²) in [5.41, 5.74) is 0. The standard InChI is InChI=1S/C8H8N6O5S/c1-19-8-10-7(11-12-8)13-20(17,18)5-2-3-6(9-4-5)14(15)16/h2-4H,1H3,(H2,10,11,12,13). The number of anilines is 1. The van der Waals surface area contributed by atoms with E-state index in [1.54, 1.807) is 0 Å². The van der Waals surface area contributed by atoms with E-state index in [1.807, 2.05) is 0 Å². The van der Waals surface area contributed by atoms with Crippen molar-refractivity contribution in [3.63, 3.8) is 0 Å². The highest BCUT2D eigenvalue weighted by atomic mass is 32.2. The molecule has 12 heteroatoms. The molecule has 0 fully saturated rings. The highest BCUT2D eigenvalue weighted by molar-refractivity contribution is 7.92. The Bertz CT molecular complexity index is 724. The Morgan fingerprint density at radius 3 is 2.70 bits per heavy atom. The summed E-state index contributed by atoms with van der Waals surface area (Å²) >= 11 is 0. The third-order valence-corrected chi connectivity index (χ3v) is 3.42. The van der Waals surface area contributed by atoms with Gasteiger partial charge in [-0.05, 0) is 16.0 Å². The van der Waals surface area contributed by atoms with Crippen molar-refractivity contribution in [3.8, 4) is 6.01 Å². The number of aromatic amines is 1. The number of pyridine rings is 1. The molecule has 0 aliphatic heterocycles. The highest BCUT2D eigenvalue weighted by Gasteiger charge is 2.20. The zero-order valence-corrected chi connectivity index (χ0v) is 10.8. The predicted octanol–water partition coefficient (Wildman–Crippen LogP) is -0.0827. The first-order valence-corrected chi connectivity index (χ1v) is 6.50. The molecule has 2 heterocycles. The van der Waals surface area contributed by atoms with Gasteiger partial charge >= 0.3 is 11.8 Å². The molecule has 0 aliphatic carbocycles. The van der Waals surface area contributed by atoms with Gasteiger partial charge in [-0.15, -0.1) is 5.10 Å². The van der Waals surface area contributed by atoms with Crippen LogP contribution in [-0.4, -0.2) is 40.6 Å². The molecular weight excluding hydrogens is 292 g/mol. The molecule has 0 atom stereocenters. The van der Waals surface area contributed by atoms with Crippen molar-refractivity contribution in [2.75, 3.05) is 11.8 Å². The molecule has 0 aromatic carbocycles. The van der Waals surface area contributed by atoms with Crippen LogP contribution in [0.4, 0.5) is 11.8 Å². The lowest BCUT2D eigenvalue weighted by molar-refractivity contribution is -0.389. The lowest BCUT2D eigenvalue weighted by atomic mass is 10.5. The molecule has 0 amide bonds. The maximum atomic E-state index is 11.9. The molecule has 0 radical (unpaired) electrons. The molecule has 106 valence electrons. The van der Waals surface area contributed by atoms with Crippen LogP contribution in [-0.2, 0) is 10.0 Å². The van der Waals surface area contributed by atoms with Gasteiger partial charge < -0.3 is 14.9 Å². The summed E-state index contributed by atoms with van der Waals surface area (Å²) in [4.78, 5) is 16.5. The van der Waals surface area contributed by atoms with E-state index < -0.39 is 20.8 Å². The van der Waals surface area contributed by atoms with E-state index in [2.05, 4.69) is 29.6 Å². The number of sulfonamides is 1. The van der Waals surface area contributed by atoms with Gasteiger partial charge in [-0.1, -0.05) is 0 Å². The van der Waals surface area contributed by atoms with E-state index in [0.717, 1.165) is 18.3 Å². The number of methoxy groups -OCH3 is 1. The number of ether oxygens (including phenoxy) is 1. The summed E-state index contributed by atoms with van der Waals surface area (Å²) in [7, 11) is -2.65. The van der Waals surface area contributed by atoms with Crippen LogP contribution in [0.25, 0.3) is 0 Å². The van der Waals surface area contributed by atoms with Crippen molar-refractivity contribution in [2.24, 2.45) is 0 Å². The number of nitrogens with zero attached hydrogens (tertiary/aromatic N) is 4. The highest BCUT2D eigenvalue weighted by Crippen LogP contribution is 2.15. The minimum absolute atomic E-state index is 0.0375. The van der Waals surface area contributed by atoms with E-state index >= 15 is 0 Å². The van der Waals surface area contributed by atoms with Gasteiger partial charge in [0.1, 0.15) is 4.90 Å². The Hall–Kier alpha value is -2.76. The van der Waals surface area contributed by atoms with Crippen molar-refractivity contribution in [2.45, 2.75) is 4.90 Å². The van der Waals surface area contributed by atoms with Gasteiger partial charge in [-0.25, -0.2) is 18.2 Å². The second-order valence-electron chi connectivity index (χ2n) is 3.39. The summed E-state index contributed by atoms with van der Waals surface area (Å²) in [6.07, 6.45) is 0.869. The van der Waals surface area contributed by atoms with Gasteiger partial charge in [0.25, 0.3) is 10.0 Å². The quantitative estimate of drug-likeness (QED) is 0.574. The van der Waals surface area contributed by atoms with Gasteiger partial charge in [-0.2, -0.15) is 4.98 Å². The minimum Gasteiger partial charge on any atom is -0.466 e. The first kappa shape index (κ1) is 13.7. The molecule has 2 rings (SSSR count). The Morgan fingerprint density at radius 2 is 2.20 bits per heavy atom. The van der Waals surface area contributed by atoms with Crippen LogP contribution in [0.3, 0.4) is 0 Å². The lowest BCUT2D eigenvalue weighted by Gasteiger charge is -2.02.